The molecule has 0 aliphatic carbocycles. The van der Waals surface area contributed by atoms with Crippen molar-refractivity contribution in [2.24, 2.45) is 0 Å². The molecule has 1 N–H and O–H groups in total. The van der Waals surface area contributed by atoms with Gasteiger partial charge in [0.15, 0.2) is 0 Å². The Morgan fingerprint density at radius 1 is 1.04 bits per heavy atom. The molecule has 4 heteroatoms. The number of amides is 1. The number of para-hydroxylation sites is 1. The molecule has 4 rings (SSSR count). The lowest BCUT2D eigenvalue weighted by molar-refractivity contribution is -0.130. The molecule has 4 nitrogen and oxygen atoms in total. The molecule has 1 aliphatic rings. The van der Waals surface area contributed by atoms with Crippen molar-refractivity contribution in [1.82, 2.24) is 14.5 Å². The number of benzene rings is 1. The van der Waals surface area contributed by atoms with Crippen LogP contribution in [-0.2, 0) is 11.3 Å². The summed E-state index contributed by atoms with van der Waals surface area (Å²) >= 11 is 0. The first-order chi connectivity index (χ1) is 13.3. The molecule has 140 valence electrons. The summed E-state index contributed by atoms with van der Waals surface area (Å²) in [6, 6.07) is 12.5. The summed E-state index contributed by atoms with van der Waals surface area (Å²) in [7, 11) is 0. The molecule has 0 radical (unpaired) electrons. The number of rotatable bonds is 7. The van der Waals surface area contributed by atoms with Crippen LogP contribution in [0.15, 0.2) is 61.1 Å². The fourth-order valence-corrected chi connectivity index (χ4v) is 3.90. The number of fused-ring (bicyclic) bond motifs is 1. The Morgan fingerprint density at radius 3 is 2.70 bits per heavy atom. The van der Waals surface area contributed by atoms with Crippen LogP contribution in [0.2, 0.25) is 0 Å². The van der Waals surface area contributed by atoms with Crippen LogP contribution >= 0.6 is 0 Å². The molecular formula is C23H27N3O. The van der Waals surface area contributed by atoms with Gasteiger partial charge < -0.3 is 14.5 Å². The predicted molar refractivity (Wildman–Crippen MR) is 110 cm³/mol. The van der Waals surface area contributed by atoms with Gasteiger partial charge in [-0.25, -0.2) is 0 Å². The van der Waals surface area contributed by atoms with Gasteiger partial charge in [0.25, 0.3) is 0 Å². The number of nitrogens with one attached hydrogen (secondary N) is 1. The van der Waals surface area contributed by atoms with E-state index in [1.807, 2.05) is 4.90 Å². The second-order valence-electron chi connectivity index (χ2n) is 7.30. The van der Waals surface area contributed by atoms with Crippen molar-refractivity contribution < 1.29 is 4.79 Å². The Labute approximate surface area is 160 Å². The van der Waals surface area contributed by atoms with E-state index < -0.39 is 0 Å². The normalized spacial score (nSPS) is 14.5. The number of hydrogen-bond donors (Lipinski definition) is 1. The maximum Gasteiger partial charge on any atom is 0.222 e. The number of H-pyrrole nitrogens is 1. The highest BCUT2D eigenvalue weighted by atomic mass is 16.2. The van der Waals surface area contributed by atoms with Crippen LogP contribution in [0, 0.1) is 0 Å². The van der Waals surface area contributed by atoms with Gasteiger partial charge in [-0.05, 0) is 43.0 Å². The monoisotopic (exact) mass is 361 g/mol. The third-order valence-corrected chi connectivity index (χ3v) is 5.47. The zero-order chi connectivity index (χ0) is 18.5. The minimum Gasteiger partial charge on any atom is -0.361 e. The summed E-state index contributed by atoms with van der Waals surface area (Å²) in [4.78, 5) is 17.8. The molecule has 0 atom stereocenters. The second kappa shape index (κ2) is 8.30. The van der Waals surface area contributed by atoms with E-state index in [9.17, 15) is 4.79 Å². The summed E-state index contributed by atoms with van der Waals surface area (Å²) in [5.74, 6) is 0.296. The average Bonchev–Trinajstić information content (AvgIpc) is 3.37. The van der Waals surface area contributed by atoms with Crippen LogP contribution in [0.4, 0.5) is 0 Å². The largest absolute Gasteiger partial charge is 0.361 e. The van der Waals surface area contributed by atoms with Crippen molar-refractivity contribution >= 4 is 22.4 Å². The van der Waals surface area contributed by atoms with Crippen molar-refractivity contribution in [1.29, 1.82) is 0 Å². The Kier molecular flexibility index (Phi) is 5.42. The quantitative estimate of drug-likeness (QED) is 0.601. The third kappa shape index (κ3) is 4.16. The Morgan fingerprint density at radius 2 is 1.89 bits per heavy atom. The van der Waals surface area contributed by atoms with Crippen molar-refractivity contribution in [2.75, 3.05) is 13.1 Å². The Bertz CT molecular complexity index is 920. The van der Waals surface area contributed by atoms with Crippen molar-refractivity contribution in [3.63, 3.8) is 0 Å². The van der Waals surface area contributed by atoms with Gasteiger partial charge in [-0.15, -0.1) is 0 Å². The number of aromatic amines is 1. The van der Waals surface area contributed by atoms with E-state index in [0.29, 0.717) is 12.3 Å². The van der Waals surface area contributed by atoms with E-state index in [1.165, 1.54) is 22.0 Å². The van der Waals surface area contributed by atoms with Crippen LogP contribution in [-0.4, -0.2) is 33.4 Å². The molecule has 0 unspecified atom stereocenters. The first kappa shape index (κ1) is 17.7. The predicted octanol–water partition coefficient (Wildman–Crippen LogP) is 4.85. The van der Waals surface area contributed by atoms with E-state index in [4.69, 9.17) is 0 Å². The smallest absolute Gasteiger partial charge is 0.222 e. The third-order valence-electron chi connectivity index (χ3n) is 5.47. The fraction of sp³-hybridized carbons (Fsp3) is 0.348. The molecule has 2 aromatic heterocycles. The van der Waals surface area contributed by atoms with Crippen LogP contribution in [0.5, 0.6) is 0 Å². The van der Waals surface area contributed by atoms with E-state index in [0.717, 1.165) is 45.3 Å². The Hall–Kier alpha value is -2.75. The van der Waals surface area contributed by atoms with Crippen LogP contribution < -0.4 is 0 Å². The average molecular weight is 361 g/mol. The molecule has 27 heavy (non-hydrogen) atoms. The van der Waals surface area contributed by atoms with Crippen molar-refractivity contribution in [3.8, 4) is 0 Å². The summed E-state index contributed by atoms with van der Waals surface area (Å²) in [5.41, 5.74) is 3.80. The number of carbonyl (C=O) groups is 1. The first-order valence-corrected chi connectivity index (χ1v) is 9.95. The number of nitrogens with zero attached hydrogens (tertiary/aromatic N) is 2. The van der Waals surface area contributed by atoms with Gasteiger partial charge in [-0.3, -0.25) is 4.79 Å². The Balaban J connectivity index is 1.25. The van der Waals surface area contributed by atoms with Gasteiger partial charge in [0.1, 0.15) is 0 Å². The molecule has 0 spiro atoms. The number of aromatic nitrogens is 2. The van der Waals surface area contributed by atoms with Crippen molar-refractivity contribution in [2.45, 2.75) is 38.6 Å². The number of carbonyl (C=O) groups excluding carboxylic acids is 1. The number of hydrogen-bond acceptors (Lipinski definition) is 1. The highest BCUT2D eigenvalue weighted by molar-refractivity contribution is 5.93. The topological polar surface area (TPSA) is 41.0 Å². The second-order valence-corrected chi connectivity index (χ2v) is 7.30. The minimum atomic E-state index is 0.296. The lowest BCUT2D eigenvalue weighted by Gasteiger charge is -2.26. The van der Waals surface area contributed by atoms with Gasteiger partial charge in [0.2, 0.25) is 5.91 Å². The zero-order valence-electron chi connectivity index (χ0n) is 15.7. The summed E-state index contributed by atoms with van der Waals surface area (Å²) in [6.45, 7) is 2.60. The van der Waals surface area contributed by atoms with Crippen LogP contribution in [0.3, 0.4) is 0 Å². The molecule has 0 bridgehead atoms. The molecule has 3 aromatic rings. The van der Waals surface area contributed by atoms with E-state index >= 15 is 0 Å². The van der Waals surface area contributed by atoms with E-state index in [-0.39, 0.29) is 0 Å². The van der Waals surface area contributed by atoms with E-state index in [1.54, 1.807) is 0 Å². The number of unbranched alkanes of at least 4 members (excludes halogenated alkanes) is 2. The highest BCUT2D eigenvalue weighted by Gasteiger charge is 2.18. The SMILES string of the molecule is O=C(CCCCCn1cccc1)N1CC=C(c2c[nH]c3ccccc23)CC1. The van der Waals surface area contributed by atoms with Crippen molar-refractivity contribution in [3.05, 3.63) is 66.6 Å². The van der Waals surface area contributed by atoms with Gasteiger partial charge in [-0.1, -0.05) is 30.7 Å². The summed E-state index contributed by atoms with van der Waals surface area (Å²) < 4.78 is 2.20. The highest BCUT2D eigenvalue weighted by Crippen LogP contribution is 2.29. The molecule has 1 aliphatic heterocycles. The molecule has 1 amide bonds. The maximum absolute atomic E-state index is 12.5. The van der Waals surface area contributed by atoms with Gasteiger partial charge in [0.05, 0.1) is 0 Å². The molecule has 1 aromatic carbocycles. The molecular weight excluding hydrogens is 334 g/mol. The minimum absolute atomic E-state index is 0.296. The van der Waals surface area contributed by atoms with Crippen LogP contribution in [0.25, 0.3) is 16.5 Å². The standard InChI is InChI=1S/C23H27N3O/c27-23(10-2-1-5-13-25-14-6-7-15-25)26-16-11-19(12-17-26)21-18-24-22-9-4-3-8-20(21)22/h3-4,6-9,11,14-15,18,24H,1-2,5,10,12-13,16-17H2. The van der Waals surface area contributed by atoms with Gasteiger partial charge in [-0.2, -0.15) is 0 Å². The zero-order valence-corrected chi connectivity index (χ0v) is 15.7. The molecule has 0 fully saturated rings. The fourth-order valence-electron chi connectivity index (χ4n) is 3.90. The number of aryl methyl sites for hydroxylation is 1. The van der Waals surface area contributed by atoms with E-state index in [2.05, 4.69) is 70.6 Å². The molecule has 0 saturated carbocycles. The lowest BCUT2D eigenvalue weighted by atomic mass is 9.98. The van der Waals surface area contributed by atoms with Gasteiger partial charge >= 0.3 is 0 Å². The van der Waals surface area contributed by atoms with Crippen LogP contribution in [0.1, 0.15) is 37.7 Å². The molecule has 3 heterocycles. The molecule has 0 saturated heterocycles. The maximum atomic E-state index is 12.5. The summed E-state index contributed by atoms with van der Waals surface area (Å²) in [6.07, 6.45) is 13.3. The summed E-state index contributed by atoms with van der Waals surface area (Å²) in [5, 5.41) is 1.27. The lowest BCUT2D eigenvalue weighted by Crippen LogP contribution is -2.34. The van der Waals surface area contributed by atoms with Gasteiger partial charge in [0, 0.05) is 61.1 Å². The first-order valence-electron chi connectivity index (χ1n) is 9.95.